The largest absolute Gasteiger partial charge is 0.481 e. The quantitative estimate of drug-likeness (QED) is 0.615. The van der Waals surface area contributed by atoms with Crippen molar-refractivity contribution in [2.75, 3.05) is 6.61 Å². The fourth-order valence-electron chi connectivity index (χ4n) is 1.11. The first-order chi connectivity index (χ1) is 7.45. The Bertz CT molecular complexity index is 264. The van der Waals surface area contributed by atoms with E-state index in [2.05, 4.69) is 10.1 Å². The minimum absolute atomic E-state index is 0.0134. The van der Waals surface area contributed by atoms with Crippen LogP contribution in [0.2, 0.25) is 0 Å². The lowest BCUT2D eigenvalue weighted by Gasteiger charge is -2.10. The fraction of sp³-hybridized carbons (Fsp3) is 0.700. The van der Waals surface area contributed by atoms with Crippen LogP contribution in [0.4, 0.5) is 0 Å². The average molecular weight is 231 g/mol. The van der Waals surface area contributed by atoms with Crippen molar-refractivity contribution in [1.82, 2.24) is 5.32 Å². The van der Waals surface area contributed by atoms with Gasteiger partial charge in [0.2, 0.25) is 5.91 Å². The van der Waals surface area contributed by atoms with E-state index in [4.69, 9.17) is 5.11 Å². The third-order valence-electron chi connectivity index (χ3n) is 1.75. The number of esters is 1. The normalized spacial score (nSPS) is 11.6. The van der Waals surface area contributed by atoms with Crippen LogP contribution in [0.15, 0.2) is 0 Å². The summed E-state index contributed by atoms with van der Waals surface area (Å²) in [6.45, 7) is 3.57. The Morgan fingerprint density at radius 3 is 2.44 bits per heavy atom. The second-order valence-electron chi connectivity index (χ2n) is 3.37. The van der Waals surface area contributed by atoms with E-state index in [1.165, 1.54) is 0 Å². The van der Waals surface area contributed by atoms with E-state index in [-0.39, 0.29) is 31.8 Å². The van der Waals surface area contributed by atoms with Crippen molar-refractivity contribution in [3.63, 3.8) is 0 Å². The molecule has 1 amide bonds. The van der Waals surface area contributed by atoms with E-state index in [1.54, 1.807) is 13.8 Å². The molecule has 6 heteroatoms. The molecule has 0 fully saturated rings. The Hall–Kier alpha value is -1.59. The van der Waals surface area contributed by atoms with Gasteiger partial charge in [0.15, 0.2) is 0 Å². The molecule has 0 aliphatic carbocycles. The van der Waals surface area contributed by atoms with Gasteiger partial charge >= 0.3 is 11.9 Å². The maximum atomic E-state index is 11.2. The maximum Gasteiger partial charge on any atom is 0.306 e. The van der Waals surface area contributed by atoms with Crippen molar-refractivity contribution in [1.29, 1.82) is 0 Å². The van der Waals surface area contributed by atoms with Crippen molar-refractivity contribution < 1.29 is 24.2 Å². The first-order valence-corrected chi connectivity index (χ1v) is 5.12. The molecule has 0 spiro atoms. The highest BCUT2D eigenvalue weighted by atomic mass is 16.5. The van der Waals surface area contributed by atoms with Gasteiger partial charge in [0, 0.05) is 12.5 Å². The lowest BCUT2D eigenvalue weighted by molar-refractivity contribution is -0.144. The first-order valence-electron chi connectivity index (χ1n) is 5.12. The monoisotopic (exact) mass is 231 g/mol. The molecule has 0 saturated carbocycles. The third-order valence-corrected chi connectivity index (χ3v) is 1.75. The summed E-state index contributed by atoms with van der Waals surface area (Å²) in [6.07, 6.45) is -0.104. The summed E-state index contributed by atoms with van der Waals surface area (Å²) < 4.78 is 4.65. The number of hydrogen-bond donors (Lipinski definition) is 2. The SMILES string of the molecule is CCOC(=O)CCC(=O)NC(C)CC(=O)O. The molecule has 1 atom stereocenters. The van der Waals surface area contributed by atoms with Gasteiger partial charge in [-0.1, -0.05) is 0 Å². The molecule has 0 aromatic carbocycles. The van der Waals surface area contributed by atoms with E-state index < -0.39 is 18.0 Å². The van der Waals surface area contributed by atoms with Gasteiger partial charge in [-0.25, -0.2) is 0 Å². The molecule has 0 bridgehead atoms. The number of carboxylic acid groups (broad SMARTS) is 1. The number of carbonyl (C=O) groups excluding carboxylic acids is 2. The van der Waals surface area contributed by atoms with Gasteiger partial charge < -0.3 is 15.2 Å². The van der Waals surface area contributed by atoms with Crippen LogP contribution in [0.1, 0.15) is 33.1 Å². The molecule has 0 aliphatic heterocycles. The van der Waals surface area contributed by atoms with E-state index in [1.807, 2.05) is 0 Å². The number of nitrogens with one attached hydrogen (secondary N) is 1. The predicted molar refractivity (Wildman–Crippen MR) is 55.7 cm³/mol. The molecule has 0 aromatic rings. The number of carboxylic acids is 1. The zero-order valence-electron chi connectivity index (χ0n) is 9.49. The van der Waals surface area contributed by atoms with Crippen LogP contribution in [0.25, 0.3) is 0 Å². The molecule has 0 aliphatic rings. The Morgan fingerprint density at radius 1 is 1.31 bits per heavy atom. The van der Waals surface area contributed by atoms with E-state index in [0.29, 0.717) is 0 Å². The Balaban J connectivity index is 3.73. The Kier molecular flexibility index (Phi) is 6.91. The summed E-state index contributed by atoms with van der Waals surface area (Å²) in [7, 11) is 0. The van der Waals surface area contributed by atoms with Crippen LogP contribution >= 0.6 is 0 Å². The molecule has 6 nitrogen and oxygen atoms in total. The third kappa shape index (κ3) is 7.78. The highest BCUT2D eigenvalue weighted by Crippen LogP contribution is 1.96. The molecule has 16 heavy (non-hydrogen) atoms. The summed E-state index contributed by atoms with van der Waals surface area (Å²) in [5.41, 5.74) is 0. The highest BCUT2D eigenvalue weighted by molar-refractivity contribution is 5.81. The maximum absolute atomic E-state index is 11.2. The standard InChI is InChI=1S/C10H17NO5/c1-3-16-10(15)5-4-8(12)11-7(2)6-9(13)14/h7H,3-6H2,1-2H3,(H,11,12)(H,13,14). The van der Waals surface area contributed by atoms with Gasteiger partial charge in [0.1, 0.15) is 0 Å². The molecular weight excluding hydrogens is 214 g/mol. The van der Waals surface area contributed by atoms with Gasteiger partial charge in [-0.2, -0.15) is 0 Å². The van der Waals surface area contributed by atoms with Gasteiger partial charge in [-0.05, 0) is 13.8 Å². The van der Waals surface area contributed by atoms with Crippen molar-refractivity contribution >= 4 is 17.8 Å². The number of hydrogen-bond acceptors (Lipinski definition) is 4. The summed E-state index contributed by atoms with van der Waals surface area (Å²) in [5.74, 6) is -1.75. The zero-order chi connectivity index (χ0) is 12.6. The Labute approximate surface area is 94.0 Å². The highest BCUT2D eigenvalue weighted by Gasteiger charge is 2.12. The number of aliphatic carboxylic acids is 1. The van der Waals surface area contributed by atoms with Gasteiger partial charge in [-0.3, -0.25) is 14.4 Å². The van der Waals surface area contributed by atoms with Gasteiger partial charge in [0.05, 0.1) is 19.4 Å². The number of ether oxygens (including phenoxy) is 1. The van der Waals surface area contributed by atoms with Gasteiger partial charge in [0.25, 0.3) is 0 Å². The summed E-state index contributed by atoms with van der Waals surface area (Å²) in [5, 5.41) is 10.9. The van der Waals surface area contributed by atoms with Crippen molar-refractivity contribution in [3.05, 3.63) is 0 Å². The summed E-state index contributed by atoms with van der Waals surface area (Å²) >= 11 is 0. The van der Waals surface area contributed by atoms with Crippen molar-refractivity contribution in [2.45, 2.75) is 39.2 Å². The summed E-state index contributed by atoms with van der Waals surface area (Å²) in [4.78, 5) is 32.5. The number of rotatable bonds is 7. The van der Waals surface area contributed by atoms with E-state index >= 15 is 0 Å². The van der Waals surface area contributed by atoms with Crippen LogP contribution in [0.3, 0.4) is 0 Å². The minimum atomic E-state index is -0.974. The molecule has 0 aromatic heterocycles. The zero-order valence-corrected chi connectivity index (χ0v) is 9.49. The van der Waals surface area contributed by atoms with Crippen LogP contribution < -0.4 is 5.32 Å². The van der Waals surface area contributed by atoms with E-state index in [0.717, 1.165) is 0 Å². The van der Waals surface area contributed by atoms with Crippen molar-refractivity contribution in [3.8, 4) is 0 Å². The second kappa shape index (κ2) is 7.67. The molecule has 0 saturated heterocycles. The molecule has 0 radical (unpaired) electrons. The second-order valence-corrected chi connectivity index (χ2v) is 3.37. The fourth-order valence-corrected chi connectivity index (χ4v) is 1.11. The average Bonchev–Trinajstić information content (AvgIpc) is 2.13. The molecule has 92 valence electrons. The molecule has 2 N–H and O–H groups in total. The van der Waals surface area contributed by atoms with Gasteiger partial charge in [-0.15, -0.1) is 0 Å². The minimum Gasteiger partial charge on any atom is -0.481 e. The number of amides is 1. The van der Waals surface area contributed by atoms with Crippen LogP contribution in [0.5, 0.6) is 0 Å². The van der Waals surface area contributed by atoms with E-state index in [9.17, 15) is 14.4 Å². The predicted octanol–water partition coefficient (Wildman–Crippen LogP) is 0.309. The molecule has 0 rings (SSSR count). The lowest BCUT2D eigenvalue weighted by atomic mass is 10.2. The lowest BCUT2D eigenvalue weighted by Crippen LogP contribution is -2.34. The van der Waals surface area contributed by atoms with Crippen LogP contribution in [0, 0.1) is 0 Å². The Morgan fingerprint density at radius 2 is 1.94 bits per heavy atom. The number of carbonyl (C=O) groups is 3. The molecule has 1 unspecified atom stereocenters. The van der Waals surface area contributed by atoms with Crippen molar-refractivity contribution in [2.24, 2.45) is 0 Å². The first kappa shape index (κ1) is 14.4. The molecular formula is C10H17NO5. The topological polar surface area (TPSA) is 92.7 Å². The smallest absolute Gasteiger partial charge is 0.306 e. The molecule has 0 heterocycles. The van der Waals surface area contributed by atoms with Crippen LogP contribution in [-0.2, 0) is 19.1 Å². The summed E-state index contributed by atoms with van der Waals surface area (Å²) in [6, 6.07) is -0.438. The van der Waals surface area contributed by atoms with Crippen LogP contribution in [-0.4, -0.2) is 35.6 Å².